The molecule has 0 aliphatic carbocycles. The molecule has 1 aromatic rings. The number of rotatable bonds is 4. The Morgan fingerprint density at radius 2 is 1.85 bits per heavy atom. The molecule has 0 bridgehead atoms. The van der Waals surface area contributed by atoms with Gasteiger partial charge in [-0.05, 0) is 24.0 Å². The van der Waals surface area contributed by atoms with Gasteiger partial charge in [-0.3, -0.25) is 0 Å². The maximum atomic E-state index is 2.28. The van der Waals surface area contributed by atoms with Crippen molar-refractivity contribution < 1.29 is 0 Å². The second-order valence-electron chi connectivity index (χ2n) is 3.60. The standard InChI is InChI=1S/C12H17S/c1-10(2)11(3)9-13-12-7-5-4-6-8-12/h4-8,11H,9H2,1-3H3. The Kier molecular flexibility index (Phi) is 4.37. The molecule has 0 aliphatic heterocycles. The van der Waals surface area contributed by atoms with Crippen molar-refractivity contribution in [1.82, 2.24) is 0 Å². The van der Waals surface area contributed by atoms with Gasteiger partial charge in [-0.25, -0.2) is 0 Å². The molecular weight excluding hydrogens is 176 g/mol. The zero-order valence-electron chi connectivity index (χ0n) is 8.58. The molecule has 0 aromatic heterocycles. The van der Waals surface area contributed by atoms with Crippen LogP contribution in [0.2, 0.25) is 0 Å². The largest absolute Gasteiger partial charge is 0.126 e. The van der Waals surface area contributed by atoms with Crippen molar-refractivity contribution in [2.24, 2.45) is 5.92 Å². The van der Waals surface area contributed by atoms with E-state index in [1.165, 1.54) is 16.6 Å². The molecule has 0 amide bonds. The first kappa shape index (κ1) is 10.6. The number of hydrogen-bond donors (Lipinski definition) is 0. The maximum Gasteiger partial charge on any atom is 0.00720 e. The van der Waals surface area contributed by atoms with E-state index in [1.807, 2.05) is 11.8 Å². The number of benzene rings is 1. The quantitative estimate of drug-likeness (QED) is 0.651. The highest BCUT2D eigenvalue weighted by molar-refractivity contribution is 7.99. The van der Waals surface area contributed by atoms with Gasteiger partial charge in [0.2, 0.25) is 0 Å². The summed E-state index contributed by atoms with van der Waals surface area (Å²) in [5.41, 5.74) is 0. The molecule has 0 N–H and O–H groups in total. The van der Waals surface area contributed by atoms with E-state index in [4.69, 9.17) is 0 Å². The Hall–Kier alpha value is -0.430. The van der Waals surface area contributed by atoms with Crippen molar-refractivity contribution >= 4 is 11.8 Å². The molecule has 0 fully saturated rings. The Labute approximate surface area is 85.7 Å². The monoisotopic (exact) mass is 193 g/mol. The Balaban J connectivity index is 2.35. The molecule has 0 spiro atoms. The molecule has 0 saturated heterocycles. The van der Waals surface area contributed by atoms with Crippen LogP contribution < -0.4 is 0 Å². The highest BCUT2D eigenvalue weighted by Gasteiger charge is 2.07. The van der Waals surface area contributed by atoms with E-state index in [0.717, 1.165) is 0 Å². The molecule has 1 atom stereocenters. The smallest absolute Gasteiger partial charge is 0.00720 e. The Morgan fingerprint density at radius 3 is 2.38 bits per heavy atom. The number of thioether (sulfide) groups is 1. The predicted molar refractivity (Wildman–Crippen MR) is 60.9 cm³/mol. The third-order valence-electron chi connectivity index (χ3n) is 2.23. The van der Waals surface area contributed by atoms with Gasteiger partial charge in [-0.15, -0.1) is 11.8 Å². The fourth-order valence-electron chi connectivity index (χ4n) is 0.905. The molecule has 71 valence electrons. The van der Waals surface area contributed by atoms with Gasteiger partial charge in [-0.2, -0.15) is 0 Å². The summed E-state index contributed by atoms with van der Waals surface area (Å²) in [7, 11) is 0. The lowest BCUT2D eigenvalue weighted by Crippen LogP contribution is -2.04. The van der Waals surface area contributed by atoms with Gasteiger partial charge in [0.05, 0.1) is 0 Å². The Bertz CT molecular complexity index is 228. The zero-order valence-corrected chi connectivity index (χ0v) is 9.40. The van der Waals surface area contributed by atoms with E-state index in [1.54, 1.807) is 0 Å². The molecule has 1 aromatic carbocycles. The first-order valence-corrected chi connectivity index (χ1v) is 5.66. The molecular formula is C12H17S. The van der Waals surface area contributed by atoms with Crippen molar-refractivity contribution in [2.75, 3.05) is 5.75 Å². The lowest BCUT2D eigenvalue weighted by Gasteiger charge is -2.13. The van der Waals surface area contributed by atoms with E-state index < -0.39 is 0 Å². The summed E-state index contributed by atoms with van der Waals surface area (Å²) in [6.45, 7) is 6.69. The van der Waals surface area contributed by atoms with Gasteiger partial charge < -0.3 is 0 Å². The molecule has 1 radical (unpaired) electrons. The summed E-state index contributed by atoms with van der Waals surface area (Å²) in [5.74, 6) is 3.42. The molecule has 0 heterocycles. The molecule has 1 unspecified atom stereocenters. The molecule has 13 heavy (non-hydrogen) atoms. The van der Waals surface area contributed by atoms with Gasteiger partial charge in [0.15, 0.2) is 0 Å². The third kappa shape index (κ3) is 3.86. The summed E-state index contributed by atoms with van der Waals surface area (Å²) >= 11 is 1.94. The highest BCUT2D eigenvalue weighted by Crippen LogP contribution is 2.24. The normalized spacial score (nSPS) is 13.2. The molecule has 0 saturated carbocycles. The van der Waals surface area contributed by atoms with Crippen molar-refractivity contribution in [1.29, 1.82) is 0 Å². The van der Waals surface area contributed by atoms with Gasteiger partial charge in [0.1, 0.15) is 0 Å². The van der Waals surface area contributed by atoms with Crippen LogP contribution in [0, 0.1) is 11.8 Å². The second kappa shape index (κ2) is 5.33. The van der Waals surface area contributed by atoms with Crippen LogP contribution in [0.3, 0.4) is 0 Å². The van der Waals surface area contributed by atoms with Gasteiger partial charge >= 0.3 is 0 Å². The summed E-state index contributed by atoms with van der Waals surface area (Å²) in [6.07, 6.45) is 0. The van der Waals surface area contributed by atoms with Gasteiger partial charge in [-0.1, -0.05) is 39.0 Å². The van der Waals surface area contributed by atoms with Crippen LogP contribution in [0.4, 0.5) is 0 Å². The van der Waals surface area contributed by atoms with Crippen molar-refractivity contribution in [3.8, 4) is 0 Å². The van der Waals surface area contributed by atoms with Crippen LogP contribution in [-0.4, -0.2) is 5.75 Å². The first-order chi connectivity index (χ1) is 6.20. The average molecular weight is 193 g/mol. The Morgan fingerprint density at radius 1 is 1.23 bits per heavy atom. The van der Waals surface area contributed by atoms with Crippen molar-refractivity contribution in [3.63, 3.8) is 0 Å². The molecule has 1 rings (SSSR count). The summed E-state index contributed by atoms with van der Waals surface area (Å²) in [5, 5.41) is 0. The lowest BCUT2D eigenvalue weighted by atomic mass is 10.0. The van der Waals surface area contributed by atoms with Gasteiger partial charge in [0.25, 0.3) is 0 Å². The molecule has 0 aliphatic rings. The minimum atomic E-state index is 0.713. The molecule has 0 nitrogen and oxygen atoms in total. The van der Waals surface area contributed by atoms with Crippen LogP contribution in [0.1, 0.15) is 20.8 Å². The summed E-state index contributed by atoms with van der Waals surface area (Å²) in [6, 6.07) is 10.6. The lowest BCUT2D eigenvalue weighted by molar-refractivity contribution is 0.681. The van der Waals surface area contributed by atoms with Crippen LogP contribution in [0.5, 0.6) is 0 Å². The topological polar surface area (TPSA) is 0 Å². The van der Waals surface area contributed by atoms with Crippen LogP contribution >= 0.6 is 11.8 Å². The van der Waals surface area contributed by atoms with Crippen LogP contribution in [-0.2, 0) is 0 Å². The zero-order chi connectivity index (χ0) is 9.68. The van der Waals surface area contributed by atoms with E-state index in [2.05, 4.69) is 51.1 Å². The predicted octanol–water partition coefficient (Wildman–Crippen LogP) is 4.03. The van der Waals surface area contributed by atoms with Gasteiger partial charge in [0, 0.05) is 10.6 Å². The third-order valence-corrected chi connectivity index (χ3v) is 3.50. The minimum Gasteiger partial charge on any atom is -0.126 e. The van der Waals surface area contributed by atoms with E-state index in [9.17, 15) is 0 Å². The second-order valence-corrected chi connectivity index (χ2v) is 4.70. The van der Waals surface area contributed by atoms with Crippen molar-refractivity contribution in [2.45, 2.75) is 25.7 Å². The summed E-state index contributed by atoms with van der Waals surface area (Å²) < 4.78 is 0. The minimum absolute atomic E-state index is 0.713. The SMILES string of the molecule is C[C](C)C(C)CSc1ccccc1. The van der Waals surface area contributed by atoms with E-state index in [-0.39, 0.29) is 0 Å². The van der Waals surface area contributed by atoms with E-state index >= 15 is 0 Å². The van der Waals surface area contributed by atoms with Crippen LogP contribution in [0.25, 0.3) is 0 Å². The first-order valence-electron chi connectivity index (χ1n) is 4.68. The molecule has 1 heteroatoms. The maximum absolute atomic E-state index is 2.28. The fourth-order valence-corrected chi connectivity index (χ4v) is 2.03. The van der Waals surface area contributed by atoms with E-state index in [0.29, 0.717) is 5.92 Å². The summed E-state index contributed by atoms with van der Waals surface area (Å²) in [4.78, 5) is 1.37. The fraction of sp³-hybridized carbons (Fsp3) is 0.417. The van der Waals surface area contributed by atoms with Crippen molar-refractivity contribution in [3.05, 3.63) is 36.2 Å². The number of hydrogen-bond acceptors (Lipinski definition) is 1. The average Bonchev–Trinajstić information content (AvgIpc) is 2.15. The van der Waals surface area contributed by atoms with Crippen LogP contribution in [0.15, 0.2) is 35.2 Å². The highest BCUT2D eigenvalue weighted by atomic mass is 32.2.